The third kappa shape index (κ3) is 42.5. The Balaban J connectivity index is -0.000000163. The number of carboxylic acid groups (broad SMARTS) is 2. The fourth-order valence-corrected chi connectivity index (χ4v) is 1.07. The minimum Gasteiger partial charge on any atom is -0.480 e. The molecule has 0 fully saturated rings. The van der Waals surface area contributed by atoms with Crippen molar-refractivity contribution in [2.24, 2.45) is 0 Å². The lowest BCUT2D eigenvalue weighted by Crippen LogP contribution is -2.22. The van der Waals surface area contributed by atoms with Crippen molar-refractivity contribution in [2.75, 3.05) is 47.8 Å². The monoisotopic (exact) mass is 450 g/mol. The van der Waals surface area contributed by atoms with Crippen LogP contribution in [0.3, 0.4) is 0 Å². The Morgan fingerprint density at radius 2 is 1.26 bits per heavy atom. The fraction of sp³-hybridized carbons (Fsp3) is 0.571. The van der Waals surface area contributed by atoms with Crippen molar-refractivity contribution in [1.29, 1.82) is 0 Å². The Labute approximate surface area is 184 Å². The lowest BCUT2D eigenvalue weighted by Gasteiger charge is -2.08. The standard InChI is InChI=1S/2C7H12O3.C4H8O.C3H6O3/c1-6(2)4-10-7(8)5-9-3;1-5(2)4-6(10-3)7(8)9;1-4(2)3-5;1-6-2-3(4)5/h1,4-5H2,2-3H3;6H,1,4H2,2-3H3,(H,8,9);5H,1,3H2,2H3;2H2,1H3,(H,4,5). The van der Waals surface area contributed by atoms with Crippen molar-refractivity contribution >= 4 is 17.9 Å². The Bertz CT molecular complexity index is 538. The van der Waals surface area contributed by atoms with Gasteiger partial charge in [-0.2, -0.15) is 0 Å². The predicted octanol–water partition coefficient (Wildman–Crippen LogP) is 2.08. The number of carbonyl (C=O) groups excluding carboxylic acids is 1. The molecule has 0 aliphatic heterocycles. The van der Waals surface area contributed by atoms with Crippen LogP contribution in [0.4, 0.5) is 0 Å². The van der Waals surface area contributed by atoms with Gasteiger partial charge in [0.15, 0.2) is 6.10 Å². The summed E-state index contributed by atoms with van der Waals surface area (Å²) in [7, 11) is 4.16. The number of ether oxygens (including phenoxy) is 4. The molecule has 0 saturated carbocycles. The zero-order valence-electron chi connectivity index (χ0n) is 19.4. The molecule has 31 heavy (non-hydrogen) atoms. The molecule has 0 saturated heterocycles. The van der Waals surface area contributed by atoms with Crippen molar-refractivity contribution in [1.82, 2.24) is 0 Å². The maximum atomic E-state index is 10.6. The van der Waals surface area contributed by atoms with Crippen LogP contribution in [0.25, 0.3) is 0 Å². The van der Waals surface area contributed by atoms with Crippen LogP contribution in [0.1, 0.15) is 27.2 Å². The summed E-state index contributed by atoms with van der Waals surface area (Å²) in [6.07, 6.45) is -0.358. The van der Waals surface area contributed by atoms with Crippen LogP contribution in [0.5, 0.6) is 0 Å². The first-order valence-electron chi connectivity index (χ1n) is 8.93. The van der Waals surface area contributed by atoms with E-state index in [1.165, 1.54) is 21.3 Å². The minimum atomic E-state index is -0.939. The number of aliphatic carboxylic acids is 2. The highest BCUT2D eigenvalue weighted by Crippen LogP contribution is 2.04. The van der Waals surface area contributed by atoms with E-state index in [0.29, 0.717) is 6.42 Å². The number of rotatable bonds is 11. The van der Waals surface area contributed by atoms with Gasteiger partial charge in [0, 0.05) is 27.8 Å². The predicted molar refractivity (Wildman–Crippen MR) is 117 cm³/mol. The molecule has 0 aliphatic rings. The van der Waals surface area contributed by atoms with E-state index in [1.54, 1.807) is 20.8 Å². The second-order valence-corrected chi connectivity index (χ2v) is 6.22. The molecular weight excluding hydrogens is 412 g/mol. The first-order chi connectivity index (χ1) is 14.3. The quantitative estimate of drug-likeness (QED) is 0.315. The van der Waals surface area contributed by atoms with Gasteiger partial charge >= 0.3 is 17.9 Å². The summed E-state index contributed by atoms with van der Waals surface area (Å²) < 4.78 is 18.1. The Morgan fingerprint density at radius 3 is 1.42 bits per heavy atom. The molecule has 0 aliphatic carbocycles. The molecule has 0 heterocycles. The van der Waals surface area contributed by atoms with Gasteiger partial charge in [0.05, 0.1) is 6.61 Å². The van der Waals surface area contributed by atoms with Gasteiger partial charge in [0.1, 0.15) is 19.8 Å². The Morgan fingerprint density at radius 1 is 0.806 bits per heavy atom. The molecule has 0 spiro atoms. The smallest absolute Gasteiger partial charge is 0.333 e. The first-order valence-corrected chi connectivity index (χ1v) is 8.93. The van der Waals surface area contributed by atoms with Crippen LogP contribution < -0.4 is 0 Å². The van der Waals surface area contributed by atoms with E-state index in [0.717, 1.165) is 16.7 Å². The lowest BCUT2D eigenvalue weighted by molar-refractivity contribution is -0.148. The summed E-state index contributed by atoms with van der Waals surface area (Å²) >= 11 is 0. The largest absolute Gasteiger partial charge is 0.480 e. The summed E-state index contributed by atoms with van der Waals surface area (Å²) in [6, 6.07) is 0. The molecule has 0 amide bonds. The zero-order valence-corrected chi connectivity index (χ0v) is 19.4. The van der Waals surface area contributed by atoms with E-state index in [-0.39, 0.29) is 32.4 Å². The van der Waals surface area contributed by atoms with Crippen LogP contribution in [-0.2, 0) is 33.3 Å². The van der Waals surface area contributed by atoms with E-state index in [2.05, 4.69) is 38.7 Å². The summed E-state index contributed by atoms with van der Waals surface area (Å²) in [6.45, 7) is 16.1. The second-order valence-electron chi connectivity index (χ2n) is 6.22. The van der Waals surface area contributed by atoms with Crippen molar-refractivity contribution in [2.45, 2.75) is 33.3 Å². The first kappa shape index (κ1) is 35.9. The molecule has 0 aromatic rings. The molecule has 0 rings (SSSR count). The van der Waals surface area contributed by atoms with Crippen LogP contribution in [0.2, 0.25) is 0 Å². The molecule has 182 valence electrons. The van der Waals surface area contributed by atoms with Crippen molar-refractivity contribution in [3.63, 3.8) is 0 Å². The van der Waals surface area contributed by atoms with Crippen LogP contribution >= 0.6 is 0 Å². The Hall–Kier alpha value is -2.53. The number of esters is 1. The molecule has 10 nitrogen and oxygen atoms in total. The third-order valence-electron chi connectivity index (χ3n) is 2.37. The summed E-state index contributed by atoms with van der Waals surface area (Å²) in [4.78, 5) is 30.3. The molecule has 1 atom stereocenters. The topological polar surface area (TPSA) is 149 Å². The van der Waals surface area contributed by atoms with E-state index < -0.39 is 18.0 Å². The van der Waals surface area contributed by atoms with Crippen molar-refractivity contribution < 1.29 is 48.7 Å². The van der Waals surface area contributed by atoms with Crippen molar-refractivity contribution in [3.8, 4) is 0 Å². The third-order valence-corrected chi connectivity index (χ3v) is 2.37. The van der Waals surface area contributed by atoms with Gasteiger partial charge < -0.3 is 34.3 Å². The van der Waals surface area contributed by atoms with Gasteiger partial charge in [-0.3, -0.25) is 0 Å². The molecule has 3 N–H and O–H groups in total. The molecule has 1 unspecified atom stereocenters. The molecule has 0 aromatic carbocycles. The molecule has 0 aromatic heterocycles. The van der Waals surface area contributed by atoms with Gasteiger partial charge in [-0.15, -0.1) is 6.58 Å². The van der Waals surface area contributed by atoms with Gasteiger partial charge in [0.25, 0.3) is 0 Å². The normalized spacial score (nSPS) is 9.77. The number of aliphatic hydroxyl groups is 1. The number of methoxy groups -OCH3 is 3. The summed E-state index contributed by atoms with van der Waals surface area (Å²) in [5.74, 6) is -2.23. The minimum absolute atomic E-state index is 0.00722. The summed E-state index contributed by atoms with van der Waals surface area (Å²) in [5, 5.41) is 24.3. The lowest BCUT2D eigenvalue weighted by atomic mass is 10.1. The molecule has 10 heteroatoms. The highest BCUT2D eigenvalue weighted by Gasteiger charge is 2.15. The molecule has 0 bridgehead atoms. The number of hydrogen-bond acceptors (Lipinski definition) is 8. The van der Waals surface area contributed by atoms with E-state index in [1.807, 2.05) is 0 Å². The van der Waals surface area contributed by atoms with E-state index in [9.17, 15) is 14.4 Å². The fourth-order valence-electron chi connectivity index (χ4n) is 1.07. The zero-order chi connectivity index (χ0) is 25.4. The SMILES string of the molecule is C=C(C)CC(OC)C(=O)O.C=C(C)CO.C=C(C)COC(=O)COC.COCC(=O)O. The van der Waals surface area contributed by atoms with Crippen LogP contribution in [0, 0.1) is 0 Å². The van der Waals surface area contributed by atoms with Crippen LogP contribution in [0.15, 0.2) is 36.5 Å². The van der Waals surface area contributed by atoms with E-state index in [4.69, 9.17) is 15.3 Å². The average Bonchev–Trinajstić information content (AvgIpc) is 2.65. The Kier molecular flexibility index (Phi) is 29.5. The maximum Gasteiger partial charge on any atom is 0.333 e. The highest BCUT2D eigenvalue weighted by atomic mass is 16.6. The summed E-state index contributed by atoms with van der Waals surface area (Å²) in [5.41, 5.74) is 2.45. The van der Waals surface area contributed by atoms with Gasteiger partial charge in [-0.25, -0.2) is 14.4 Å². The molecule has 0 radical (unpaired) electrons. The van der Waals surface area contributed by atoms with Gasteiger partial charge in [-0.1, -0.05) is 24.3 Å². The number of carbonyl (C=O) groups is 3. The van der Waals surface area contributed by atoms with Crippen LogP contribution in [-0.4, -0.2) is 87.1 Å². The highest BCUT2D eigenvalue weighted by molar-refractivity contribution is 5.72. The van der Waals surface area contributed by atoms with Gasteiger partial charge in [0.2, 0.25) is 0 Å². The number of aliphatic hydroxyl groups excluding tert-OH is 1. The average molecular weight is 451 g/mol. The van der Waals surface area contributed by atoms with Crippen molar-refractivity contribution in [3.05, 3.63) is 36.5 Å². The number of carboxylic acids is 2. The van der Waals surface area contributed by atoms with Gasteiger partial charge in [-0.05, 0) is 26.3 Å². The number of hydrogen-bond donors (Lipinski definition) is 3. The molecular formula is C21H38O10. The maximum absolute atomic E-state index is 10.6. The second kappa shape index (κ2) is 25.5. The van der Waals surface area contributed by atoms with E-state index >= 15 is 0 Å².